The highest BCUT2D eigenvalue weighted by Gasteiger charge is 1.93. The lowest BCUT2D eigenvalue weighted by molar-refractivity contribution is 0.363. The second kappa shape index (κ2) is 8.40. The standard InChI is InChI=1S/C16H20O/c1-3-5-6-7-8-14-17-16-12-10-15(9-4-2)11-13-16/h3,5-8,10-13H,1,4,9,14H2,2H3/b6-5-,8-7-. The molecule has 0 amide bonds. The van der Waals surface area contributed by atoms with Gasteiger partial charge in [-0.05, 0) is 30.2 Å². The Kier molecular flexibility index (Phi) is 6.57. The maximum atomic E-state index is 5.57. The third-order valence-corrected chi connectivity index (χ3v) is 2.30. The molecule has 1 rings (SSSR count). The Balaban J connectivity index is 2.34. The topological polar surface area (TPSA) is 9.23 Å². The number of ether oxygens (including phenoxy) is 1. The van der Waals surface area contributed by atoms with Crippen molar-refractivity contribution in [2.75, 3.05) is 6.61 Å². The molecule has 0 aliphatic rings. The third-order valence-electron chi connectivity index (χ3n) is 2.30. The van der Waals surface area contributed by atoms with Crippen molar-refractivity contribution in [1.29, 1.82) is 0 Å². The van der Waals surface area contributed by atoms with Crippen LogP contribution in [0, 0.1) is 0 Å². The normalized spacial score (nSPS) is 11.1. The largest absolute Gasteiger partial charge is 0.490 e. The summed E-state index contributed by atoms with van der Waals surface area (Å²) in [6.45, 7) is 6.38. The highest BCUT2D eigenvalue weighted by Crippen LogP contribution is 2.13. The Labute approximate surface area is 104 Å². The second-order valence-corrected chi connectivity index (χ2v) is 3.75. The molecule has 0 heterocycles. The summed E-state index contributed by atoms with van der Waals surface area (Å²) in [4.78, 5) is 0. The number of aryl methyl sites for hydroxylation is 1. The molecule has 17 heavy (non-hydrogen) atoms. The summed E-state index contributed by atoms with van der Waals surface area (Å²) in [5.74, 6) is 0.919. The number of benzene rings is 1. The van der Waals surface area contributed by atoms with Crippen molar-refractivity contribution in [3.05, 3.63) is 66.8 Å². The molecule has 0 spiro atoms. The van der Waals surface area contributed by atoms with Crippen LogP contribution in [0.2, 0.25) is 0 Å². The van der Waals surface area contributed by atoms with E-state index in [-0.39, 0.29) is 0 Å². The number of allylic oxidation sites excluding steroid dienone is 4. The van der Waals surface area contributed by atoms with Crippen molar-refractivity contribution in [1.82, 2.24) is 0 Å². The summed E-state index contributed by atoms with van der Waals surface area (Å²) < 4.78 is 5.57. The van der Waals surface area contributed by atoms with E-state index in [0.29, 0.717) is 6.61 Å². The maximum Gasteiger partial charge on any atom is 0.119 e. The molecule has 0 aliphatic carbocycles. The van der Waals surface area contributed by atoms with Gasteiger partial charge in [-0.1, -0.05) is 56.4 Å². The van der Waals surface area contributed by atoms with Gasteiger partial charge in [-0.2, -0.15) is 0 Å². The Morgan fingerprint density at radius 1 is 1.12 bits per heavy atom. The molecule has 1 nitrogen and oxygen atoms in total. The van der Waals surface area contributed by atoms with Gasteiger partial charge in [-0.15, -0.1) is 0 Å². The van der Waals surface area contributed by atoms with E-state index in [2.05, 4.69) is 25.6 Å². The zero-order valence-electron chi connectivity index (χ0n) is 10.4. The van der Waals surface area contributed by atoms with E-state index < -0.39 is 0 Å². The van der Waals surface area contributed by atoms with Crippen LogP contribution in [0.5, 0.6) is 5.75 Å². The summed E-state index contributed by atoms with van der Waals surface area (Å²) in [5.41, 5.74) is 1.37. The molecule has 0 fully saturated rings. The molecule has 1 aromatic carbocycles. The van der Waals surface area contributed by atoms with Gasteiger partial charge in [0.25, 0.3) is 0 Å². The summed E-state index contributed by atoms with van der Waals surface area (Å²) in [5, 5.41) is 0. The number of hydrogen-bond acceptors (Lipinski definition) is 1. The van der Waals surface area contributed by atoms with Gasteiger partial charge in [-0.3, -0.25) is 0 Å². The van der Waals surface area contributed by atoms with Crippen molar-refractivity contribution in [3.63, 3.8) is 0 Å². The molecule has 90 valence electrons. The van der Waals surface area contributed by atoms with Crippen LogP contribution in [0.3, 0.4) is 0 Å². The van der Waals surface area contributed by atoms with Gasteiger partial charge in [-0.25, -0.2) is 0 Å². The van der Waals surface area contributed by atoms with E-state index in [9.17, 15) is 0 Å². The Bertz CT molecular complexity index is 371. The minimum atomic E-state index is 0.592. The fourth-order valence-electron chi connectivity index (χ4n) is 1.46. The molecular formula is C16H20O. The predicted molar refractivity (Wildman–Crippen MR) is 74.4 cm³/mol. The van der Waals surface area contributed by atoms with Crippen molar-refractivity contribution >= 4 is 0 Å². The van der Waals surface area contributed by atoms with Gasteiger partial charge >= 0.3 is 0 Å². The molecule has 1 aromatic rings. The van der Waals surface area contributed by atoms with Crippen LogP contribution in [0.1, 0.15) is 18.9 Å². The smallest absolute Gasteiger partial charge is 0.119 e. The summed E-state index contributed by atoms with van der Waals surface area (Å²) in [6, 6.07) is 8.30. The predicted octanol–water partition coefficient (Wildman–Crippen LogP) is 4.32. The molecule has 0 N–H and O–H groups in total. The van der Waals surface area contributed by atoms with Crippen molar-refractivity contribution in [2.24, 2.45) is 0 Å². The first-order valence-electron chi connectivity index (χ1n) is 6.02. The van der Waals surface area contributed by atoms with Gasteiger partial charge in [0.15, 0.2) is 0 Å². The van der Waals surface area contributed by atoms with Gasteiger partial charge < -0.3 is 4.74 Å². The van der Waals surface area contributed by atoms with Crippen LogP contribution in [-0.2, 0) is 6.42 Å². The summed E-state index contributed by atoms with van der Waals surface area (Å²) >= 11 is 0. The molecular weight excluding hydrogens is 208 g/mol. The Morgan fingerprint density at radius 3 is 2.53 bits per heavy atom. The third kappa shape index (κ3) is 5.76. The zero-order chi connectivity index (χ0) is 12.3. The van der Waals surface area contributed by atoms with E-state index in [1.807, 2.05) is 36.4 Å². The SMILES string of the molecule is C=C/C=C\C=C/COc1ccc(CCC)cc1. The lowest BCUT2D eigenvalue weighted by atomic mass is 10.1. The monoisotopic (exact) mass is 228 g/mol. The van der Waals surface area contributed by atoms with Crippen LogP contribution in [0.15, 0.2) is 61.2 Å². The average molecular weight is 228 g/mol. The lowest BCUT2D eigenvalue weighted by Crippen LogP contribution is -1.93. The van der Waals surface area contributed by atoms with E-state index in [1.54, 1.807) is 6.08 Å². The Morgan fingerprint density at radius 2 is 1.88 bits per heavy atom. The first-order valence-corrected chi connectivity index (χ1v) is 6.02. The molecule has 0 aromatic heterocycles. The van der Waals surface area contributed by atoms with Crippen LogP contribution in [0.4, 0.5) is 0 Å². The molecule has 1 heteroatoms. The number of rotatable bonds is 7. The van der Waals surface area contributed by atoms with Gasteiger partial charge in [0.1, 0.15) is 12.4 Å². The lowest BCUT2D eigenvalue weighted by Gasteiger charge is -2.04. The highest BCUT2D eigenvalue weighted by atomic mass is 16.5. The van der Waals surface area contributed by atoms with Gasteiger partial charge in [0, 0.05) is 0 Å². The van der Waals surface area contributed by atoms with E-state index >= 15 is 0 Å². The van der Waals surface area contributed by atoms with E-state index in [4.69, 9.17) is 4.74 Å². The van der Waals surface area contributed by atoms with Gasteiger partial charge in [0.2, 0.25) is 0 Å². The second-order valence-electron chi connectivity index (χ2n) is 3.75. The molecule has 0 aliphatic heterocycles. The molecule has 0 atom stereocenters. The fraction of sp³-hybridized carbons (Fsp3) is 0.250. The zero-order valence-corrected chi connectivity index (χ0v) is 10.4. The molecule has 0 bridgehead atoms. The van der Waals surface area contributed by atoms with Crippen LogP contribution in [0.25, 0.3) is 0 Å². The summed E-state index contributed by atoms with van der Waals surface area (Å²) in [7, 11) is 0. The van der Waals surface area contributed by atoms with Gasteiger partial charge in [0.05, 0.1) is 0 Å². The first-order chi connectivity index (χ1) is 8.36. The minimum absolute atomic E-state index is 0.592. The van der Waals surface area contributed by atoms with Crippen molar-refractivity contribution in [3.8, 4) is 5.75 Å². The molecule has 0 radical (unpaired) electrons. The maximum absolute atomic E-state index is 5.57. The quantitative estimate of drug-likeness (QED) is 0.632. The molecule has 0 unspecified atom stereocenters. The molecule has 0 saturated carbocycles. The van der Waals surface area contributed by atoms with Crippen molar-refractivity contribution < 1.29 is 4.74 Å². The first kappa shape index (κ1) is 13.3. The number of hydrogen-bond donors (Lipinski definition) is 0. The van der Waals surface area contributed by atoms with Crippen molar-refractivity contribution in [2.45, 2.75) is 19.8 Å². The Hall–Kier alpha value is -1.76. The summed E-state index contributed by atoms with van der Waals surface area (Å²) in [6.07, 6.45) is 11.8. The van der Waals surface area contributed by atoms with Crippen LogP contribution >= 0.6 is 0 Å². The fourth-order valence-corrected chi connectivity index (χ4v) is 1.46. The van der Waals surface area contributed by atoms with Crippen LogP contribution < -0.4 is 4.74 Å². The van der Waals surface area contributed by atoms with E-state index in [1.165, 1.54) is 12.0 Å². The average Bonchev–Trinajstić information content (AvgIpc) is 2.36. The minimum Gasteiger partial charge on any atom is -0.490 e. The highest BCUT2D eigenvalue weighted by molar-refractivity contribution is 5.27. The van der Waals surface area contributed by atoms with E-state index in [0.717, 1.165) is 12.2 Å². The molecule has 0 saturated heterocycles. The van der Waals surface area contributed by atoms with Crippen LogP contribution in [-0.4, -0.2) is 6.61 Å².